The van der Waals surface area contributed by atoms with E-state index >= 15 is 0 Å². The van der Waals surface area contributed by atoms with Gasteiger partial charge in [0.1, 0.15) is 5.82 Å². The number of nitrogens with one attached hydrogen (secondary N) is 1. The van der Waals surface area contributed by atoms with Crippen LogP contribution in [0.15, 0.2) is 53.0 Å². The van der Waals surface area contributed by atoms with Gasteiger partial charge in [-0.05, 0) is 36.8 Å². The summed E-state index contributed by atoms with van der Waals surface area (Å²) in [6, 6.07) is 14.4. The molecule has 0 bridgehead atoms. The molecule has 1 amide bonds. The van der Waals surface area contributed by atoms with Gasteiger partial charge in [0.15, 0.2) is 5.16 Å². The number of thioether (sulfide) groups is 1. The van der Waals surface area contributed by atoms with Crippen LogP contribution in [0.2, 0.25) is 0 Å². The quantitative estimate of drug-likeness (QED) is 0.577. The summed E-state index contributed by atoms with van der Waals surface area (Å²) in [6.45, 7) is 2.76. The molecular weight excluding hydrogens is 376 g/mol. The second-order valence-corrected chi connectivity index (χ2v) is 8.70. The summed E-state index contributed by atoms with van der Waals surface area (Å²) in [4.78, 5) is 13.5. The fourth-order valence-corrected chi connectivity index (χ4v) is 4.48. The molecule has 140 valence electrons. The summed E-state index contributed by atoms with van der Waals surface area (Å²) in [6.07, 6.45) is 2.35. The maximum absolute atomic E-state index is 12.4. The molecule has 1 atom stereocenters. The van der Waals surface area contributed by atoms with E-state index < -0.39 is 0 Å². The first-order valence-electron chi connectivity index (χ1n) is 9.13. The van der Waals surface area contributed by atoms with Gasteiger partial charge in [0.05, 0.1) is 18.3 Å². The SMILES string of the molecule is C[C@@H](NC(=O)CSc1nnc(C2CC2)n1Cc1ccccc1)c1cccs1. The fraction of sp³-hybridized carbons (Fsp3) is 0.350. The molecule has 0 spiro atoms. The number of aromatic nitrogens is 3. The molecule has 2 heterocycles. The van der Waals surface area contributed by atoms with E-state index in [1.54, 1.807) is 11.3 Å². The summed E-state index contributed by atoms with van der Waals surface area (Å²) in [5.74, 6) is 1.92. The summed E-state index contributed by atoms with van der Waals surface area (Å²) >= 11 is 3.12. The molecule has 27 heavy (non-hydrogen) atoms. The maximum Gasteiger partial charge on any atom is 0.230 e. The van der Waals surface area contributed by atoms with Gasteiger partial charge in [-0.25, -0.2) is 0 Å². The minimum atomic E-state index is 0.0168. The van der Waals surface area contributed by atoms with Crippen molar-refractivity contribution < 1.29 is 4.79 Å². The highest BCUT2D eigenvalue weighted by molar-refractivity contribution is 7.99. The molecular formula is C20H22N4OS2. The van der Waals surface area contributed by atoms with E-state index in [4.69, 9.17) is 0 Å². The molecule has 1 N–H and O–H groups in total. The zero-order chi connectivity index (χ0) is 18.6. The smallest absolute Gasteiger partial charge is 0.230 e. The molecule has 0 aliphatic heterocycles. The Morgan fingerprint density at radius 2 is 2.07 bits per heavy atom. The Morgan fingerprint density at radius 3 is 2.78 bits per heavy atom. The van der Waals surface area contributed by atoms with E-state index in [1.807, 2.05) is 42.6 Å². The second-order valence-electron chi connectivity index (χ2n) is 6.78. The number of hydrogen-bond acceptors (Lipinski definition) is 5. The lowest BCUT2D eigenvalue weighted by atomic mass is 10.2. The normalized spacial score (nSPS) is 14.9. The van der Waals surface area contributed by atoms with E-state index in [-0.39, 0.29) is 11.9 Å². The highest BCUT2D eigenvalue weighted by Gasteiger charge is 2.30. The summed E-state index contributed by atoms with van der Waals surface area (Å²) in [5, 5.41) is 14.7. The van der Waals surface area contributed by atoms with Crippen molar-refractivity contribution in [2.75, 3.05) is 5.75 Å². The Bertz CT molecular complexity index is 888. The minimum Gasteiger partial charge on any atom is -0.348 e. The Hall–Kier alpha value is -2.12. The molecule has 1 aliphatic rings. The average molecular weight is 399 g/mol. The summed E-state index contributed by atoms with van der Waals surface area (Å²) in [5.41, 5.74) is 1.22. The third-order valence-corrected chi connectivity index (χ3v) is 6.57. The molecule has 1 saturated carbocycles. The Balaban J connectivity index is 1.42. The van der Waals surface area contributed by atoms with Crippen molar-refractivity contribution in [2.45, 2.75) is 43.4 Å². The van der Waals surface area contributed by atoms with E-state index in [0.29, 0.717) is 11.7 Å². The molecule has 3 aromatic rings. The topological polar surface area (TPSA) is 59.8 Å². The molecule has 0 radical (unpaired) electrons. The van der Waals surface area contributed by atoms with Crippen molar-refractivity contribution in [3.63, 3.8) is 0 Å². The predicted octanol–water partition coefficient (Wildman–Crippen LogP) is 4.23. The van der Waals surface area contributed by atoms with Crippen LogP contribution in [-0.2, 0) is 11.3 Å². The number of rotatable bonds is 8. The van der Waals surface area contributed by atoms with Gasteiger partial charge in [-0.1, -0.05) is 48.2 Å². The van der Waals surface area contributed by atoms with Gasteiger partial charge in [0.2, 0.25) is 5.91 Å². The first-order valence-corrected chi connectivity index (χ1v) is 11.0. The average Bonchev–Trinajstić information content (AvgIpc) is 3.21. The lowest BCUT2D eigenvalue weighted by molar-refractivity contribution is -0.119. The molecule has 1 aliphatic carbocycles. The van der Waals surface area contributed by atoms with Gasteiger partial charge in [-0.15, -0.1) is 21.5 Å². The Labute approximate surface area is 167 Å². The van der Waals surface area contributed by atoms with Crippen LogP contribution in [0.5, 0.6) is 0 Å². The monoisotopic (exact) mass is 398 g/mol. The fourth-order valence-electron chi connectivity index (χ4n) is 2.99. The van der Waals surface area contributed by atoms with Crippen LogP contribution in [0.25, 0.3) is 0 Å². The third kappa shape index (κ3) is 4.59. The van der Waals surface area contributed by atoms with Crippen molar-refractivity contribution in [3.05, 3.63) is 64.1 Å². The standard InChI is InChI=1S/C20H22N4OS2/c1-14(17-8-5-11-26-17)21-18(25)13-27-20-23-22-19(16-9-10-16)24(20)12-15-6-3-2-4-7-15/h2-8,11,14,16H,9-10,12-13H2,1H3,(H,21,25)/t14-/m1/s1. The summed E-state index contributed by atoms with van der Waals surface area (Å²) < 4.78 is 2.17. The van der Waals surface area contributed by atoms with Gasteiger partial charge >= 0.3 is 0 Å². The van der Waals surface area contributed by atoms with Crippen LogP contribution < -0.4 is 5.32 Å². The Kier molecular flexibility index (Phi) is 5.59. The van der Waals surface area contributed by atoms with Crippen LogP contribution in [0.1, 0.15) is 48.0 Å². The molecule has 7 heteroatoms. The number of hydrogen-bond donors (Lipinski definition) is 1. The number of thiophene rings is 1. The number of carbonyl (C=O) groups is 1. The first-order chi connectivity index (χ1) is 13.2. The molecule has 2 aromatic heterocycles. The van der Waals surface area contributed by atoms with Gasteiger partial charge in [-0.3, -0.25) is 4.79 Å². The van der Waals surface area contributed by atoms with Gasteiger partial charge in [0, 0.05) is 10.8 Å². The number of amides is 1. The number of carbonyl (C=O) groups excluding carboxylic acids is 1. The molecule has 0 unspecified atom stereocenters. The van der Waals surface area contributed by atoms with E-state index in [0.717, 1.165) is 22.4 Å². The third-order valence-electron chi connectivity index (χ3n) is 4.55. The zero-order valence-electron chi connectivity index (χ0n) is 15.2. The van der Waals surface area contributed by atoms with Gasteiger partial charge in [-0.2, -0.15) is 0 Å². The maximum atomic E-state index is 12.4. The minimum absolute atomic E-state index is 0.0168. The van der Waals surface area contributed by atoms with Crippen molar-refractivity contribution in [1.82, 2.24) is 20.1 Å². The van der Waals surface area contributed by atoms with Crippen LogP contribution in [-0.4, -0.2) is 26.4 Å². The predicted molar refractivity (Wildman–Crippen MR) is 109 cm³/mol. The van der Waals surface area contributed by atoms with E-state index in [2.05, 4.69) is 32.2 Å². The largest absolute Gasteiger partial charge is 0.348 e. The van der Waals surface area contributed by atoms with Crippen molar-refractivity contribution >= 4 is 29.0 Å². The molecule has 1 fully saturated rings. The second kappa shape index (κ2) is 8.27. The highest BCUT2D eigenvalue weighted by Crippen LogP contribution is 2.40. The van der Waals surface area contributed by atoms with E-state index in [9.17, 15) is 4.79 Å². The van der Waals surface area contributed by atoms with Crippen molar-refractivity contribution in [3.8, 4) is 0 Å². The highest BCUT2D eigenvalue weighted by atomic mass is 32.2. The lowest BCUT2D eigenvalue weighted by Gasteiger charge is -2.13. The number of benzene rings is 1. The van der Waals surface area contributed by atoms with Crippen molar-refractivity contribution in [2.24, 2.45) is 0 Å². The molecule has 5 nitrogen and oxygen atoms in total. The van der Waals surface area contributed by atoms with Crippen LogP contribution >= 0.6 is 23.1 Å². The molecule has 0 saturated heterocycles. The first kappa shape index (κ1) is 18.3. The van der Waals surface area contributed by atoms with Gasteiger partial charge in [0.25, 0.3) is 0 Å². The summed E-state index contributed by atoms with van der Waals surface area (Å²) in [7, 11) is 0. The number of nitrogens with zero attached hydrogens (tertiary/aromatic N) is 3. The van der Waals surface area contributed by atoms with Crippen LogP contribution in [0.3, 0.4) is 0 Å². The van der Waals surface area contributed by atoms with Crippen molar-refractivity contribution in [1.29, 1.82) is 0 Å². The molecule has 1 aromatic carbocycles. The molecule has 4 rings (SSSR count). The van der Waals surface area contributed by atoms with Crippen LogP contribution in [0.4, 0.5) is 0 Å². The lowest BCUT2D eigenvalue weighted by Crippen LogP contribution is -2.27. The van der Waals surface area contributed by atoms with E-state index in [1.165, 1.54) is 30.2 Å². The van der Waals surface area contributed by atoms with Gasteiger partial charge < -0.3 is 9.88 Å². The van der Waals surface area contributed by atoms with Crippen LogP contribution in [0, 0.1) is 0 Å². The zero-order valence-corrected chi connectivity index (χ0v) is 16.8. The Morgan fingerprint density at radius 1 is 1.26 bits per heavy atom.